The second-order valence-corrected chi connectivity index (χ2v) is 6.83. The van der Waals surface area contributed by atoms with Crippen LogP contribution in [0.3, 0.4) is 0 Å². The molecule has 0 aliphatic heterocycles. The van der Waals surface area contributed by atoms with E-state index < -0.39 is 16.7 Å². The van der Waals surface area contributed by atoms with Gasteiger partial charge in [0.2, 0.25) is 0 Å². The lowest BCUT2D eigenvalue weighted by atomic mass is 10.1. The normalized spacial score (nSPS) is 12.0. The minimum atomic E-state index is -0.500. The molecule has 0 saturated heterocycles. The van der Waals surface area contributed by atoms with Crippen LogP contribution in [0.4, 0.5) is 5.69 Å². The lowest BCUT2D eigenvalue weighted by molar-refractivity contribution is -0.384. The Morgan fingerprint density at radius 1 is 0.903 bits per heavy atom. The van der Waals surface area contributed by atoms with Crippen LogP contribution in [0.15, 0.2) is 90.6 Å². The summed E-state index contributed by atoms with van der Waals surface area (Å²) in [5, 5.41) is 16.4. The van der Waals surface area contributed by atoms with E-state index in [0.717, 1.165) is 5.56 Å². The van der Waals surface area contributed by atoms with Crippen LogP contribution in [-0.4, -0.2) is 16.7 Å². The molecule has 3 aromatic carbocycles. The Morgan fingerprint density at radius 2 is 1.48 bits per heavy atom. The third kappa shape index (κ3) is 5.86. The SMILES string of the molecule is C[C@H](NC(=O)/C(=C/c1ccc([N+](=O)[O-])cc1)NC(=O)c1ccccc1)c1ccccc1. The fourth-order valence-electron chi connectivity index (χ4n) is 2.90. The van der Waals surface area contributed by atoms with E-state index in [4.69, 9.17) is 0 Å². The van der Waals surface area contributed by atoms with E-state index in [1.54, 1.807) is 30.3 Å². The second-order valence-electron chi connectivity index (χ2n) is 6.83. The van der Waals surface area contributed by atoms with E-state index in [2.05, 4.69) is 10.6 Å². The summed E-state index contributed by atoms with van der Waals surface area (Å²) in [5.41, 5.74) is 1.83. The summed E-state index contributed by atoms with van der Waals surface area (Å²) >= 11 is 0. The molecule has 0 bridgehead atoms. The molecule has 0 aliphatic carbocycles. The standard InChI is InChI=1S/C24H21N3O4/c1-17(19-8-4-2-5-9-19)25-24(29)22(26-23(28)20-10-6-3-7-11-20)16-18-12-14-21(15-13-18)27(30)31/h2-17H,1H3,(H,25,29)(H,26,28)/b22-16-/t17-/m0/s1. The molecule has 3 aromatic rings. The molecule has 0 aliphatic rings. The number of nitrogens with one attached hydrogen (secondary N) is 2. The maximum absolute atomic E-state index is 13.0. The van der Waals surface area contributed by atoms with Crippen LogP contribution in [0.1, 0.15) is 34.5 Å². The van der Waals surface area contributed by atoms with Crippen molar-refractivity contribution in [3.8, 4) is 0 Å². The molecule has 2 amide bonds. The average molecular weight is 415 g/mol. The molecule has 3 rings (SSSR count). The zero-order valence-electron chi connectivity index (χ0n) is 16.8. The number of non-ortho nitro benzene ring substituents is 1. The molecule has 31 heavy (non-hydrogen) atoms. The highest BCUT2D eigenvalue weighted by molar-refractivity contribution is 6.05. The molecule has 2 N–H and O–H groups in total. The number of carbonyl (C=O) groups excluding carboxylic acids is 2. The third-order valence-corrected chi connectivity index (χ3v) is 4.59. The van der Waals surface area contributed by atoms with Crippen molar-refractivity contribution in [3.63, 3.8) is 0 Å². The van der Waals surface area contributed by atoms with Crippen molar-refractivity contribution in [1.82, 2.24) is 10.6 Å². The van der Waals surface area contributed by atoms with Gasteiger partial charge in [-0.15, -0.1) is 0 Å². The maximum atomic E-state index is 13.0. The van der Waals surface area contributed by atoms with Gasteiger partial charge in [-0.1, -0.05) is 48.5 Å². The van der Waals surface area contributed by atoms with E-state index in [1.807, 2.05) is 37.3 Å². The first-order valence-corrected chi connectivity index (χ1v) is 9.62. The lowest BCUT2D eigenvalue weighted by Gasteiger charge is -2.17. The first kappa shape index (κ1) is 21.4. The molecule has 1 atom stereocenters. The number of rotatable bonds is 7. The predicted molar refractivity (Wildman–Crippen MR) is 118 cm³/mol. The summed E-state index contributed by atoms with van der Waals surface area (Å²) in [6.07, 6.45) is 1.48. The van der Waals surface area contributed by atoms with Crippen LogP contribution in [0.5, 0.6) is 0 Å². The molecule has 7 nitrogen and oxygen atoms in total. The van der Waals surface area contributed by atoms with Gasteiger partial charge in [-0.3, -0.25) is 19.7 Å². The highest BCUT2D eigenvalue weighted by Gasteiger charge is 2.17. The molecule has 0 saturated carbocycles. The van der Waals surface area contributed by atoms with Gasteiger partial charge in [-0.25, -0.2) is 0 Å². The Labute approximate surface area is 179 Å². The van der Waals surface area contributed by atoms with E-state index >= 15 is 0 Å². The minimum absolute atomic E-state index is 0.0329. The number of nitrogens with zero attached hydrogens (tertiary/aromatic N) is 1. The fraction of sp³-hybridized carbons (Fsp3) is 0.0833. The van der Waals surface area contributed by atoms with Gasteiger partial charge in [0.05, 0.1) is 11.0 Å². The molecule has 0 fully saturated rings. The summed E-state index contributed by atoms with van der Waals surface area (Å²) in [7, 11) is 0. The van der Waals surface area contributed by atoms with E-state index in [-0.39, 0.29) is 17.4 Å². The highest BCUT2D eigenvalue weighted by Crippen LogP contribution is 2.16. The smallest absolute Gasteiger partial charge is 0.269 e. The second kappa shape index (κ2) is 9.98. The quantitative estimate of drug-likeness (QED) is 0.342. The van der Waals surface area contributed by atoms with E-state index in [0.29, 0.717) is 11.1 Å². The monoisotopic (exact) mass is 415 g/mol. The van der Waals surface area contributed by atoms with E-state index in [1.165, 1.54) is 30.3 Å². The molecule has 0 unspecified atom stereocenters. The lowest BCUT2D eigenvalue weighted by Crippen LogP contribution is -2.36. The molecule has 0 spiro atoms. The molecular weight excluding hydrogens is 394 g/mol. The van der Waals surface area contributed by atoms with Crippen molar-refractivity contribution in [3.05, 3.63) is 117 Å². The van der Waals surface area contributed by atoms with Crippen molar-refractivity contribution in [2.24, 2.45) is 0 Å². The van der Waals surface area contributed by atoms with Crippen LogP contribution in [0.25, 0.3) is 6.08 Å². The van der Waals surface area contributed by atoms with Crippen LogP contribution < -0.4 is 10.6 Å². The first-order valence-electron chi connectivity index (χ1n) is 9.62. The summed E-state index contributed by atoms with van der Waals surface area (Å²) in [6, 6.07) is 23.4. The molecule has 156 valence electrons. The fourth-order valence-corrected chi connectivity index (χ4v) is 2.90. The van der Waals surface area contributed by atoms with Gasteiger partial charge in [0, 0.05) is 17.7 Å². The number of benzene rings is 3. The van der Waals surface area contributed by atoms with Crippen molar-refractivity contribution >= 4 is 23.6 Å². The van der Waals surface area contributed by atoms with Crippen molar-refractivity contribution in [2.45, 2.75) is 13.0 Å². The third-order valence-electron chi connectivity index (χ3n) is 4.59. The van der Waals surface area contributed by atoms with E-state index in [9.17, 15) is 19.7 Å². The molecule has 0 aromatic heterocycles. The Morgan fingerprint density at radius 3 is 2.06 bits per heavy atom. The predicted octanol–water partition coefficient (Wildman–Crippen LogP) is 4.24. The first-order chi connectivity index (χ1) is 14.9. The van der Waals surface area contributed by atoms with Crippen LogP contribution in [0, 0.1) is 10.1 Å². The summed E-state index contributed by atoms with van der Waals surface area (Å²) < 4.78 is 0. The molecular formula is C24H21N3O4. The Kier molecular flexibility index (Phi) is 6.90. The van der Waals surface area contributed by atoms with Gasteiger partial charge in [0.1, 0.15) is 5.70 Å². The van der Waals surface area contributed by atoms with Crippen LogP contribution in [-0.2, 0) is 4.79 Å². The van der Waals surface area contributed by atoms with Gasteiger partial charge in [-0.2, -0.15) is 0 Å². The van der Waals surface area contributed by atoms with Gasteiger partial charge in [-0.05, 0) is 48.4 Å². The Balaban J connectivity index is 1.86. The number of amides is 2. The van der Waals surface area contributed by atoms with Crippen molar-refractivity contribution in [2.75, 3.05) is 0 Å². The number of nitro benzene ring substituents is 1. The van der Waals surface area contributed by atoms with Gasteiger partial charge >= 0.3 is 0 Å². The largest absolute Gasteiger partial charge is 0.344 e. The summed E-state index contributed by atoms with van der Waals surface area (Å²) in [4.78, 5) is 36.0. The van der Waals surface area contributed by atoms with Crippen LogP contribution in [0.2, 0.25) is 0 Å². The Hall–Kier alpha value is -4.26. The molecule has 0 heterocycles. The number of carbonyl (C=O) groups is 2. The van der Waals surface area contributed by atoms with Gasteiger partial charge in [0.15, 0.2) is 0 Å². The minimum Gasteiger partial charge on any atom is -0.344 e. The van der Waals surface area contributed by atoms with Crippen molar-refractivity contribution in [1.29, 1.82) is 0 Å². The number of hydrogen-bond acceptors (Lipinski definition) is 4. The van der Waals surface area contributed by atoms with Gasteiger partial charge < -0.3 is 10.6 Å². The number of hydrogen-bond donors (Lipinski definition) is 2. The summed E-state index contributed by atoms with van der Waals surface area (Å²) in [5.74, 6) is -0.907. The zero-order valence-corrected chi connectivity index (χ0v) is 16.8. The number of nitro groups is 1. The van der Waals surface area contributed by atoms with Gasteiger partial charge in [0.25, 0.3) is 17.5 Å². The highest BCUT2D eigenvalue weighted by atomic mass is 16.6. The topological polar surface area (TPSA) is 101 Å². The van der Waals surface area contributed by atoms with Crippen molar-refractivity contribution < 1.29 is 14.5 Å². The molecule has 7 heteroatoms. The summed E-state index contributed by atoms with van der Waals surface area (Å²) in [6.45, 7) is 1.84. The van der Waals surface area contributed by atoms with Crippen LogP contribution >= 0.6 is 0 Å². The Bertz CT molecular complexity index is 1090. The zero-order chi connectivity index (χ0) is 22.2. The average Bonchev–Trinajstić information content (AvgIpc) is 2.80. The molecule has 0 radical (unpaired) electrons. The maximum Gasteiger partial charge on any atom is 0.269 e.